The summed E-state index contributed by atoms with van der Waals surface area (Å²) in [5.74, 6) is 1.18. The molecule has 0 spiro atoms. The van der Waals surface area contributed by atoms with E-state index in [0.29, 0.717) is 36.6 Å². The quantitative estimate of drug-likeness (QED) is 0.575. The molecule has 0 aromatic carbocycles. The van der Waals surface area contributed by atoms with Crippen LogP contribution in [-0.2, 0) is 4.74 Å². The molecule has 2 aromatic heterocycles. The van der Waals surface area contributed by atoms with E-state index >= 15 is 0 Å². The zero-order chi connectivity index (χ0) is 19.2. The Balaban J connectivity index is 1.95. The maximum absolute atomic E-state index is 11.6. The molecule has 0 bridgehead atoms. The van der Waals surface area contributed by atoms with E-state index in [0.717, 1.165) is 0 Å². The number of pyridine rings is 1. The molecular formula is C17H22ClN3O5. The van der Waals surface area contributed by atoms with E-state index < -0.39 is 11.7 Å². The molecule has 0 unspecified atom stereocenters. The average Bonchev–Trinajstić information content (AvgIpc) is 3.06. The fourth-order valence-electron chi connectivity index (χ4n) is 2.05. The lowest BCUT2D eigenvalue weighted by Crippen LogP contribution is -2.33. The largest absolute Gasteiger partial charge is 0.496 e. The van der Waals surface area contributed by atoms with E-state index in [1.165, 1.54) is 13.3 Å². The van der Waals surface area contributed by atoms with Crippen molar-refractivity contribution in [3.05, 3.63) is 23.5 Å². The Hall–Kier alpha value is -2.48. The van der Waals surface area contributed by atoms with Gasteiger partial charge in [0.1, 0.15) is 22.1 Å². The molecule has 142 valence electrons. The van der Waals surface area contributed by atoms with Gasteiger partial charge in [-0.3, -0.25) is 0 Å². The fraction of sp³-hybridized carbons (Fsp3) is 0.471. The molecular weight excluding hydrogens is 362 g/mol. The SMILES string of the molecule is COc1cc(Cl)nc(OCCCNC(=O)OC(C)(C)C)c1-c1ccno1. The van der Waals surface area contributed by atoms with Crippen molar-refractivity contribution in [2.75, 3.05) is 20.3 Å². The van der Waals surface area contributed by atoms with Gasteiger partial charge in [-0.2, -0.15) is 0 Å². The smallest absolute Gasteiger partial charge is 0.407 e. The second-order valence-electron chi connectivity index (χ2n) is 6.33. The first-order valence-corrected chi connectivity index (χ1v) is 8.43. The lowest BCUT2D eigenvalue weighted by atomic mass is 10.2. The lowest BCUT2D eigenvalue weighted by Gasteiger charge is -2.19. The molecule has 0 saturated heterocycles. The van der Waals surface area contributed by atoms with Crippen LogP contribution in [0.4, 0.5) is 4.79 Å². The first kappa shape index (κ1) is 19.8. The third-order valence-electron chi connectivity index (χ3n) is 3.05. The molecule has 0 aliphatic rings. The number of rotatable bonds is 7. The highest BCUT2D eigenvalue weighted by molar-refractivity contribution is 6.29. The summed E-state index contributed by atoms with van der Waals surface area (Å²) in [5, 5.41) is 6.58. The molecule has 0 saturated carbocycles. The van der Waals surface area contributed by atoms with E-state index in [1.54, 1.807) is 32.9 Å². The van der Waals surface area contributed by atoms with Crippen molar-refractivity contribution in [2.24, 2.45) is 0 Å². The number of hydrogen-bond donors (Lipinski definition) is 1. The van der Waals surface area contributed by atoms with E-state index in [2.05, 4.69) is 15.5 Å². The number of aromatic nitrogens is 2. The maximum atomic E-state index is 11.6. The van der Waals surface area contributed by atoms with Gasteiger partial charge in [0.15, 0.2) is 5.76 Å². The van der Waals surface area contributed by atoms with Gasteiger partial charge in [-0.1, -0.05) is 16.8 Å². The molecule has 0 fully saturated rings. The van der Waals surface area contributed by atoms with Gasteiger partial charge < -0.3 is 24.1 Å². The summed E-state index contributed by atoms with van der Waals surface area (Å²) in [6.45, 7) is 6.11. The molecule has 0 aliphatic carbocycles. The zero-order valence-corrected chi connectivity index (χ0v) is 15.9. The number of hydrogen-bond acceptors (Lipinski definition) is 7. The van der Waals surface area contributed by atoms with Crippen molar-refractivity contribution in [1.82, 2.24) is 15.5 Å². The van der Waals surface area contributed by atoms with Crippen LogP contribution in [0.25, 0.3) is 11.3 Å². The normalized spacial score (nSPS) is 11.1. The van der Waals surface area contributed by atoms with Crippen LogP contribution in [0.1, 0.15) is 27.2 Å². The first-order valence-electron chi connectivity index (χ1n) is 8.05. The van der Waals surface area contributed by atoms with Crippen LogP contribution in [0.2, 0.25) is 5.15 Å². The van der Waals surface area contributed by atoms with Crippen LogP contribution in [0, 0.1) is 0 Å². The molecule has 9 heteroatoms. The molecule has 0 atom stereocenters. The molecule has 2 rings (SSSR count). The Morgan fingerprint density at radius 1 is 1.38 bits per heavy atom. The molecule has 1 amide bonds. The predicted molar refractivity (Wildman–Crippen MR) is 95.6 cm³/mol. The van der Waals surface area contributed by atoms with Gasteiger partial charge in [0.05, 0.1) is 19.9 Å². The Kier molecular flexibility index (Phi) is 6.68. The monoisotopic (exact) mass is 383 g/mol. The van der Waals surface area contributed by atoms with Crippen LogP contribution >= 0.6 is 11.6 Å². The number of ether oxygens (including phenoxy) is 3. The van der Waals surface area contributed by atoms with Gasteiger partial charge in [0, 0.05) is 18.7 Å². The Bertz CT molecular complexity index is 729. The van der Waals surface area contributed by atoms with Crippen LogP contribution in [0.3, 0.4) is 0 Å². The second kappa shape index (κ2) is 8.75. The number of alkyl carbamates (subject to hydrolysis) is 1. The highest BCUT2D eigenvalue weighted by atomic mass is 35.5. The first-order chi connectivity index (χ1) is 12.3. The third kappa shape index (κ3) is 5.80. The summed E-state index contributed by atoms with van der Waals surface area (Å²) in [6.07, 6.45) is 1.59. The fourth-order valence-corrected chi connectivity index (χ4v) is 2.23. The maximum Gasteiger partial charge on any atom is 0.407 e. The Labute approximate surface area is 156 Å². The van der Waals surface area contributed by atoms with E-state index in [9.17, 15) is 4.79 Å². The van der Waals surface area contributed by atoms with Crippen LogP contribution in [0.15, 0.2) is 22.9 Å². The number of carbonyl (C=O) groups excluding carboxylic acids is 1. The van der Waals surface area contributed by atoms with Crippen molar-refractivity contribution >= 4 is 17.7 Å². The van der Waals surface area contributed by atoms with Gasteiger partial charge in [0.25, 0.3) is 0 Å². The molecule has 0 radical (unpaired) electrons. The van der Waals surface area contributed by atoms with Crippen molar-refractivity contribution < 1.29 is 23.5 Å². The summed E-state index contributed by atoms with van der Waals surface area (Å²) in [7, 11) is 1.51. The van der Waals surface area contributed by atoms with Gasteiger partial charge in [0.2, 0.25) is 5.88 Å². The summed E-state index contributed by atoms with van der Waals surface area (Å²) in [4.78, 5) is 15.8. The van der Waals surface area contributed by atoms with Crippen LogP contribution in [-0.4, -0.2) is 42.1 Å². The molecule has 8 nitrogen and oxygen atoms in total. The summed E-state index contributed by atoms with van der Waals surface area (Å²) in [6, 6.07) is 3.24. The number of halogens is 1. The minimum absolute atomic E-state index is 0.229. The number of nitrogens with zero attached hydrogens (tertiary/aromatic N) is 2. The Morgan fingerprint density at radius 3 is 2.77 bits per heavy atom. The molecule has 26 heavy (non-hydrogen) atoms. The summed E-state index contributed by atoms with van der Waals surface area (Å²) < 4.78 is 21.4. The van der Waals surface area contributed by atoms with Gasteiger partial charge in [-0.05, 0) is 27.2 Å². The standard InChI is InChI=1S/C17H22ClN3O5/c1-17(2,3)25-16(22)19-7-5-9-24-15-14(11-6-8-20-26-11)12(23-4)10-13(18)21-15/h6,8,10H,5,7,9H2,1-4H3,(H,19,22). The average molecular weight is 384 g/mol. The number of carbonyl (C=O) groups is 1. The molecule has 1 N–H and O–H groups in total. The van der Waals surface area contributed by atoms with Crippen LogP contribution in [0.5, 0.6) is 11.6 Å². The van der Waals surface area contributed by atoms with E-state index in [-0.39, 0.29) is 11.0 Å². The topological polar surface area (TPSA) is 95.7 Å². The third-order valence-corrected chi connectivity index (χ3v) is 3.24. The minimum atomic E-state index is -0.534. The highest BCUT2D eigenvalue weighted by Crippen LogP contribution is 2.38. The molecule has 0 aliphatic heterocycles. The predicted octanol–water partition coefficient (Wildman–Crippen LogP) is 3.69. The number of amides is 1. The van der Waals surface area contributed by atoms with Crippen LogP contribution < -0.4 is 14.8 Å². The van der Waals surface area contributed by atoms with Crippen molar-refractivity contribution in [2.45, 2.75) is 32.8 Å². The van der Waals surface area contributed by atoms with Gasteiger partial charge >= 0.3 is 6.09 Å². The second-order valence-corrected chi connectivity index (χ2v) is 6.72. The highest BCUT2D eigenvalue weighted by Gasteiger charge is 2.20. The van der Waals surface area contributed by atoms with Gasteiger partial charge in [-0.15, -0.1) is 0 Å². The van der Waals surface area contributed by atoms with Crippen molar-refractivity contribution in [3.63, 3.8) is 0 Å². The summed E-state index contributed by atoms with van der Waals surface area (Å²) >= 11 is 6.01. The zero-order valence-electron chi connectivity index (χ0n) is 15.2. The van der Waals surface area contributed by atoms with Crippen molar-refractivity contribution in [3.8, 4) is 23.0 Å². The number of methoxy groups -OCH3 is 1. The minimum Gasteiger partial charge on any atom is -0.496 e. The lowest BCUT2D eigenvalue weighted by molar-refractivity contribution is 0.0525. The number of nitrogens with one attached hydrogen (secondary N) is 1. The van der Waals surface area contributed by atoms with Crippen molar-refractivity contribution in [1.29, 1.82) is 0 Å². The molecule has 2 heterocycles. The summed E-state index contributed by atoms with van der Waals surface area (Å²) in [5.41, 5.74) is -0.0112. The van der Waals surface area contributed by atoms with E-state index in [4.69, 9.17) is 30.3 Å². The Morgan fingerprint density at radius 2 is 2.15 bits per heavy atom. The van der Waals surface area contributed by atoms with E-state index in [1.807, 2.05) is 0 Å². The van der Waals surface area contributed by atoms with Gasteiger partial charge in [-0.25, -0.2) is 9.78 Å². The molecule has 2 aromatic rings.